The van der Waals surface area contributed by atoms with E-state index in [-0.39, 0.29) is 0 Å². The molecule has 1 unspecified atom stereocenters. The highest BCUT2D eigenvalue weighted by atomic mass is 16.5. The van der Waals surface area contributed by atoms with Gasteiger partial charge in [0.15, 0.2) is 0 Å². The van der Waals surface area contributed by atoms with Gasteiger partial charge in [-0.05, 0) is 67.6 Å². The van der Waals surface area contributed by atoms with Crippen LogP contribution in [0.5, 0.6) is 11.5 Å². The first-order valence-electron chi connectivity index (χ1n) is 7.77. The van der Waals surface area contributed by atoms with Gasteiger partial charge in [0.25, 0.3) is 0 Å². The fourth-order valence-electron chi connectivity index (χ4n) is 2.64. The van der Waals surface area contributed by atoms with E-state index in [0.29, 0.717) is 19.1 Å². The molecule has 0 saturated carbocycles. The predicted octanol–water partition coefficient (Wildman–Crippen LogP) is 3.91. The molecule has 0 aromatic heterocycles. The molecule has 0 aliphatic rings. The third-order valence-electron chi connectivity index (χ3n) is 3.94. The van der Waals surface area contributed by atoms with E-state index in [1.54, 1.807) is 7.11 Å². The van der Waals surface area contributed by atoms with Crippen molar-refractivity contribution in [2.75, 3.05) is 20.3 Å². The van der Waals surface area contributed by atoms with Gasteiger partial charge in [-0.15, -0.1) is 0 Å². The molecular weight excluding hydrogens is 274 g/mol. The van der Waals surface area contributed by atoms with Crippen molar-refractivity contribution in [1.82, 2.24) is 0 Å². The van der Waals surface area contributed by atoms with Gasteiger partial charge in [0.05, 0.1) is 13.7 Å². The third kappa shape index (κ3) is 4.50. The van der Waals surface area contributed by atoms with Crippen LogP contribution in [0, 0.1) is 6.92 Å². The summed E-state index contributed by atoms with van der Waals surface area (Å²) in [6.07, 6.45) is 2.03. The fourth-order valence-corrected chi connectivity index (χ4v) is 2.64. The standard InChI is InChI=1S/C19H25NO2/c1-15-6-3-4-8-19(15)16(14-20)7-5-13-22-18-11-9-17(21-2)10-12-18/h3-4,6,8-12,16H,5,7,13-14,20H2,1-2H3. The minimum atomic E-state index is 0.403. The zero-order chi connectivity index (χ0) is 15.8. The first kappa shape index (κ1) is 16.4. The first-order chi connectivity index (χ1) is 10.7. The van der Waals surface area contributed by atoms with Crippen molar-refractivity contribution in [3.63, 3.8) is 0 Å². The topological polar surface area (TPSA) is 44.5 Å². The summed E-state index contributed by atoms with van der Waals surface area (Å²) < 4.78 is 10.9. The lowest BCUT2D eigenvalue weighted by molar-refractivity contribution is 0.301. The summed E-state index contributed by atoms with van der Waals surface area (Å²) in [6.45, 7) is 3.52. The summed E-state index contributed by atoms with van der Waals surface area (Å²) in [4.78, 5) is 0. The van der Waals surface area contributed by atoms with Gasteiger partial charge >= 0.3 is 0 Å². The maximum absolute atomic E-state index is 5.94. The van der Waals surface area contributed by atoms with Crippen molar-refractivity contribution in [1.29, 1.82) is 0 Å². The van der Waals surface area contributed by atoms with Gasteiger partial charge in [0.2, 0.25) is 0 Å². The maximum Gasteiger partial charge on any atom is 0.119 e. The minimum absolute atomic E-state index is 0.403. The number of hydrogen-bond acceptors (Lipinski definition) is 3. The van der Waals surface area contributed by atoms with Gasteiger partial charge in [0, 0.05) is 0 Å². The molecule has 0 aliphatic carbocycles. The Hall–Kier alpha value is -2.00. The van der Waals surface area contributed by atoms with Gasteiger partial charge in [0.1, 0.15) is 11.5 Å². The lowest BCUT2D eigenvalue weighted by atomic mass is 9.91. The van der Waals surface area contributed by atoms with Crippen LogP contribution in [-0.2, 0) is 0 Å². The second kappa shape index (κ2) is 8.44. The molecule has 1 atom stereocenters. The molecule has 0 saturated heterocycles. The summed E-state index contributed by atoms with van der Waals surface area (Å²) in [6, 6.07) is 16.2. The van der Waals surface area contributed by atoms with E-state index in [4.69, 9.17) is 15.2 Å². The largest absolute Gasteiger partial charge is 0.497 e. The second-order valence-electron chi connectivity index (χ2n) is 5.46. The minimum Gasteiger partial charge on any atom is -0.497 e. The number of rotatable bonds is 8. The van der Waals surface area contributed by atoms with Crippen molar-refractivity contribution in [2.24, 2.45) is 5.73 Å². The van der Waals surface area contributed by atoms with Crippen LogP contribution in [-0.4, -0.2) is 20.3 Å². The fraction of sp³-hybridized carbons (Fsp3) is 0.368. The molecule has 0 fully saturated rings. The molecule has 2 N–H and O–H groups in total. The molecule has 0 spiro atoms. The molecule has 2 rings (SSSR count). The molecule has 0 bridgehead atoms. The lowest BCUT2D eigenvalue weighted by Crippen LogP contribution is -2.14. The maximum atomic E-state index is 5.94. The molecule has 0 aliphatic heterocycles. The van der Waals surface area contributed by atoms with Gasteiger partial charge in [-0.25, -0.2) is 0 Å². The Balaban J connectivity index is 1.80. The highest BCUT2D eigenvalue weighted by molar-refractivity contribution is 5.31. The number of ether oxygens (including phenoxy) is 2. The second-order valence-corrected chi connectivity index (χ2v) is 5.46. The van der Waals surface area contributed by atoms with Gasteiger partial charge in [-0.2, -0.15) is 0 Å². The normalized spacial score (nSPS) is 12.0. The molecule has 3 heteroatoms. The Morgan fingerprint density at radius 1 is 1.00 bits per heavy atom. The SMILES string of the molecule is COc1ccc(OCCCC(CN)c2ccccc2C)cc1. The van der Waals surface area contributed by atoms with E-state index in [1.807, 2.05) is 24.3 Å². The smallest absolute Gasteiger partial charge is 0.119 e. The highest BCUT2D eigenvalue weighted by Gasteiger charge is 2.11. The molecule has 0 heterocycles. The average molecular weight is 299 g/mol. The van der Waals surface area contributed by atoms with Crippen molar-refractivity contribution < 1.29 is 9.47 Å². The van der Waals surface area contributed by atoms with Crippen molar-refractivity contribution in [3.05, 3.63) is 59.7 Å². The van der Waals surface area contributed by atoms with Crippen LogP contribution < -0.4 is 15.2 Å². The van der Waals surface area contributed by atoms with E-state index in [9.17, 15) is 0 Å². The van der Waals surface area contributed by atoms with Crippen LogP contribution in [0.2, 0.25) is 0 Å². The van der Waals surface area contributed by atoms with Crippen molar-refractivity contribution >= 4 is 0 Å². The van der Waals surface area contributed by atoms with Crippen LogP contribution in [0.15, 0.2) is 48.5 Å². The quantitative estimate of drug-likeness (QED) is 0.752. The molecule has 118 valence electrons. The van der Waals surface area contributed by atoms with Crippen molar-refractivity contribution in [3.8, 4) is 11.5 Å². The Kier molecular flexibility index (Phi) is 6.28. The zero-order valence-electron chi connectivity index (χ0n) is 13.4. The Labute approximate surface area is 133 Å². The summed E-state index contributed by atoms with van der Waals surface area (Å²) in [5.74, 6) is 2.12. The summed E-state index contributed by atoms with van der Waals surface area (Å²) in [5.41, 5.74) is 8.61. The van der Waals surface area contributed by atoms with Crippen LogP contribution >= 0.6 is 0 Å². The van der Waals surface area contributed by atoms with E-state index in [2.05, 4.69) is 31.2 Å². The van der Waals surface area contributed by atoms with Gasteiger partial charge < -0.3 is 15.2 Å². The summed E-state index contributed by atoms with van der Waals surface area (Å²) in [7, 11) is 1.66. The van der Waals surface area contributed by atoms with Crippen LogP contribution in [0.3, 0.4) is 0 Å². The Morgan fingerprint density at radius 3 is 2.32 bits per heavy atom. The molecular formula is C19H25NO2. The van der Waals surface area contributed by atoms with E-state index in [1.165, 1.54) is 11.1 Å². The number of aryl methyl sites for hydroxylation is 1. The van der Waals surface area contributed by atoms with Gasteiger partial charge in [-0.3, -0.25) is 0 Å². The predicted molar refractivity (Wildman–Crippen MR) is 90.7 cm³/mol. The molecule has 0 amide bonds. The Bertz CT molecular complexity index is 566. The zero-order valence-corrected chi connectivity index (χ0v) is 13.4. The molecule has 3 nitrogen and oxygen atoms in total. The van der Waals surface area contributed by atoms with Crippen molar-refractivity contribution in [2.45, 2.75) is 25.7 Å². The van der Waals surface area contributed by atoms with Crippen LogP contribution in [0.25, 0.3) is 0 Å². The average Bonchev–Trinajstić information content (AvgIpc) is 2.56. The lowest BCUT2D eigenvalue weighted by Gasteiger charge is -2.17. The van der Waals surface area contributed by atoms with E-state index in [0.717, 1.165) is 24.3 Å². The number of methoxy groups -OCH3 is 1. The number of hydrogen-bond donors (Lipinski definition) is 1. The highest BCUT2D eigenvalue weighted by Crippen LogP contribution is 2.24. The number of benzene rings is 2. The Morgan fingerprint density at radius 2 is 1.68 bits per heavy atom. The third-order valence-corrected chi connectivity index (χ3v) is 3.94. The van der Waals surface area contributed by atoms with Gasteiger partial charge in [-0.1, -0.05) is 24.3 Å². The molecule has 0 radical (unpaired) electrons. The van der Waals surface area contributed by atoms with E-state index >= 15 is 0 Å². The number of nitrogens with two attached hydrogens (primary N) is 1. The molecule has 2 aromatic rings. The van der Waals surface area contributed by atoms with Crippen LogP contribution in [0.4, 0.5) is 0 Å². The van der Waals surface area contributed by atoms with Crippen LogP contribution in [0.1, 0.15) is 29.9 Å². The molecule has 22 heavy (non-hydrogen) atoms. The molecule has 2 aromatic carbocycles. The monoisotopic (exact) mass is 299 g/mol. The first-order valence-corrected chi connectivity index (χ1v) is 7.77. The summed E-state index contributed by atoms with van der Waals surface area (Å²) in [5, 5.41) is 0. The van der Waals surface area contributed by atoms with E-state index < -0.39 is 0 Å². The summed E-state index contributed by atoms with van der Waals surface area (Å²) >= 11 is 0.